The lowest BCUT2D eigenvalue weighted by molar-refractivity contribution is -0.140. The van der Waals surface area contributed by atoms with Crippen molar-refractivity contribution in [3.63, 3.8) is 0 Å². The molecule has 13 heteroatoms. The molecular formula is C23H21N3O6S4. The molecule has 9 nitrogen and oxygen atoms in total. The largest absolute Gasteiger partial charge is 0.480 e. The van der Waals surface area contributed by atoms with E-state index in [4.69, 9.17) is 17.3 Å². The number of thiazole rings is 1. The number of carbonyl (C=O) groups is 3. The van der Waals surface area contributed by atoms with Gasteiger partial charge in [-0.3, -0.25) is 28.6 Å². The predicted molar refractivity (Wildman–Crippen MR) is 145 cm³/mol. The van der Waals surface area contributed by atoms with E-state index in [0.29, 0.717) is 10.1 Å². The van der Waals surface area contributed by atoms with Gasteiger partial charge < -0.3 is 15.1 Å². The maximum atomic E-state index is 13.5. The fraction of sp³-hybridized carbons (Fsp3) is 0.261. The van der Waals surface area contributed by atoms with Gasteiger partial charge in [-0.15, -0.1) is 11.3 Å². The third kappa shape index (κ3) is 4.88. The number of amides is 1. The highest BCUT2D eigenvalue weighted by atomic mass is 32.2. The van der Waals surface area contributed by atoms with Crippen LogP contribution in [0.3, 0.4) is 0 Å². The molecule has 0 unspecified atom stereocenters. The van der Waals surface area contributed by atoms with Gasteiger partial charge in [0.05, 0.1) is 15.2 Å². The van der Waals surface area contributed by atoms with Crippen LogP contribution >= 0.6 is 47.1 Å². The standard InChI is InChI=1S/C23H21N3O6S4/c1-11(2)12(8-15-24(3)13-6-4-5-7-14(13)34-15)18-20(31)25(9-16(27)28)22(35-18)19-21(32)26(10-17(29)30)23(33)36-19/h4-8,11H,9-10H2,1-3H3,(H,27,28)(H,29,30). The number of aliphatic carboxylic acids is 2. The molecule has 2 aliphatic rings. The fourth-order valence-electron chi connectivity index (χ4n) is 3.71. The summed E-state index contributed by atoms with van der Waals surface area (Å²) in [5.74, 6) is -3.22. The summed E-state index contributed by atoms with van der Waals surface area (Å²) >= 11 is 8.64. The number of para-hydroxylation sites is 1. The van der Waals surface area contributed by atoms with E-state index in [1.54, 1.807) is 11.8 Å². The second-order valence-corrected chi connectivity index (χ2v) is 11.9. The van der Waals surface area contributed by atoms with E-state index < -0.39 is 36.5 Å². The van der Waals surface area contributed by atoms with Crippen molar-refractivity contribution in [2.75, 3.05) is 18.5 Å². The van der Waals surface area contributed by atoms with E-state index >= 15 is 0 Å². The van der Waals surface area contributed by atoms with Crippen LogP contribution in [0.1, 0.15) is 13.8 Å². The van der Waals surface area contributed by atoms with Gasteiger partial charge in [0, 0.05) is 11.9 Å². The number of benzene rings is 1. The molecule has 2 aromatic rings. The van der Waals surface area contributed by atoms with Crippen molar-refractivity contribution in [2.24, 2.45) is 5.92 Å². The normalized spacial score (nSPS) is 18.9. The topological polar surface area (TPSA) is 120 Å². The van der Waals surface area contributed by atoms with E-state index in [1.807, 2.05) is 56.1 Å². The molecule has 1 fully saturated rings. The van der Waals surface area contributed by atoms with Crippen molar-refractivity contribution in [3.8, 4) is 0 Å². The smallest absolute Gasteiger partial charge is 0.323 e. The van der Waals surface area contributed by atoms with Crippen molar-refractivity contribution in [1.29, 1.82) is 0 Å². The Kier molecular flexibility index (Phi) is 7.46. The number of anilines is 1. The van der Waals surface area contributed by atoms with Crippen LogP contribution in [0, 0.1) is 5.92 Å². The molecule has 1 aromatic carbocycles. The van der Waals surface area contributed by atoms with E-state index in [0.717, 1.165) is 48.2 Å². The summed E-state index contributed by atoms with van der Waals surface area (Å²) in [6.07, 6.45) is 1.92. The quantitative estimate of drug-likeness (QED) is 0.505. The Balaban J connectivity index is 1.96. The van der Waals surface area contributed by atoms with Crippen LogP contribution in [-0.4, -0.2) is 55.4 Å². The number of thioether (sulfide) groups is 2. The van der Waals surface area contributed by atoms with Gasteiger partial charge in [-0.25, -0.2) is 0 Å². The number of carboxylic acids is 2. The van der Waals surface area contributed by atoms with Crippen molar-refractivity contribution < 1.29 is 24.6 Å². The number of nitrogens with zero attached hydrogens (tertiary/aromatic N) is 3. The first-order valence-electron chi connectivity index (χ1n) is 10.7. The third-order valence-electron chi connectivity index (χ3n) is 5.45. The highest BCUT2D eigenvalue weighted by Gasteiger charge is 2.35. The minimum atomic E-state index is -1.24. The number of fused-ring (bicyclic) bond motifs is 1. The van der Waals surface area contributed by atoms with Gasteiger partial charge in [0.1, 0.15) is 27.0 Å². The Morgan fingerprint density at radius 2 is 1.75 bits per heavy atom. The number of allylic oxidation sites excluding steroid dienone is 1. The number of hydrogen-bond acceptors (Lipinski definition) is 9. The monoisotopic (exact) mass is 563 g/mol. The summed E-state index contributed by atoms with van der Waals surface area (Å²) < 4.78 is 1.56. The molecule has 0 atom stereocenters. The lowest BCUT2D eigenvalue weighted by atomic mass is 10.0. The predicted octanol–water partition coefficient (Wildman–Crippen LogP) is 1.94. The minimum absolute atomic E-state index is 0.0404. The van der Waals surface area contributed by atoms with Crippen LogP contribution in [0.5, 0.6) is 0 Å². The number of thiocarbonyl (C=S) groups is 1. The molecule has 1 saturated heterocycles. The summed E-state index contributed by atoms with van der Waals surface area (Å²) in [6.45, 7) is 2.61. The number of aromatic nitrogens is 1. The summed E-state index contributed by atoms with van der Waals surface area (Å²) in [6, 6.07) is 7.93. The highest BCUT2D eigenvalue weighted by molar-refractivity contribution is 8.30. The lowest BCUT2D eigenvalue weighted by Crippen LogP contribution is -2.37. The molecule has 0 spiro atoms. The summed E-state index contributed by atoms with van der Waals surface area (Å²) in [5.41, 5.74) is 1.23. The zero-order valence-electron chi connectivity index (χ0n) is 19.4. The summed E-state index contributed by atoms with van der Waals surface area (Å²) in [7, 11) is 1.94. The Morgan fingerprint density at radius 3 is 2.36 bits per heavy atom. The van der Waals surface area contributed by atoms with Gasteiger partial charge >= 0.3 is 11.9 Å². The van der Waals surface area contributed by atoms with Crippen LogP contribution in [0.25, 0.3) is 10.5 Å². The van der Waals surface area contributed by atoms with Gasteiger partial charge in [0.25, 0.3) is 11.5 Å². The van der Waals surface area contributed by atoms with Crippen LogP contribution in [-0.2, 0) is 20.9 Å². The van der Waals surface area contributed by atoms with Crippen LogP contribution in [0.15, 0.2) is 45.1 Å². The molecule has 4 rings (SSSR count). The Morgan fingerprint density at radius 1 is 1.08 bits per heavy atom. The summed E-state index contributed by atoms with van der Waals surface area (Å²) in [4.78, 5) is 53.4. The van der Waals surface area contributed by atoms with Crippen LogP contribution in [0.4, 0.5) is 5.69 Å². The number of hydrogen-bond donors (Lipinski definition) is 2. The van der Waals surface area contributed by atoms with Crippen molar-refractivity contribution >= 4 is 85.4 Å². The van der Waals surface area contributed by atoms with Crippen molar-refractivity contribution in [1.82, 2.24) is 9.47 Å². The molecule has 0 saturated carbocycles. The fourth-order valence-corrected chi connectivity index (χ4v) is 7.53. The van der Waals surface area contributed by atoms with Gasteiger partial charge in [-0.05, 0) is 29.7 Å². The SMILES string of the molecule is CC(C)C(C=C1Sc2ccccc2N1C)=c1sc(=C2SC(=S)N(CC(=O)O)C2=O)n(CC(=O)O)c1=O. The molecule has 0 aliphatic carbocycles. The summed E-state index contributed by atoms with van der Waals surface area (Å²) in [5, 5.41) is 19.5. The van der Waals surface area contributed by atoms with Gasteiger partial charge in [-0.1, -0.05) is 61.7 Å². The number of rotatable bonds is 6. The lowest BCUT2D eigenvalue weighted by Gasteiger charge is -2.15. The first kappa shape index (κ1) is 26.2. The number of carboxylic acid groups (broad SMARTS) is 2. The first-order valence-corrected chi connectivity index (χ1v) is 13.5. The van der Waals surface area contributed by atoms with Gasteiger partial charge in [-0.2, -0.15) is 0 Å². The maximum absolute atomic E-state index is 13.5. The van der Waals surface area contributed by atoms with E-state index in [-0.39, 0.29) is 19.8 Å². The number of carbonyl (C=O) groups excluding carboxylic acids is 1. The van der Waals surface area contributed by atoms with E-state index in [2.05, 4.69) is 0 Å². The first-order chi connectivity index (χ1) is 17.0. The van der Waals surface area contributed by atoms with E-state index in [1.165, 1.54) is 0 Å². The van der Waals surface area contributed by atoms with E-state index in [9.17, 15) is 24.3 Å². The highest BCUT2D eigenvalue weighted by Crippen LogP contribution is 2.45. The molecule has 1 aromatic heterocycles. The van der Waals surface area contributed by atoms with Gasteiger partial charge in [0.15, 0.2) is 0 Å². The molecule has 2 N–H and O–H groups in total. The Bertz CT molecular complexity index is 1520. The maximum Gasteiger partial charge on any atom is 0.323 e. The Hall–Kier alpha value is -2.87. The molecule has 0 bridgehead atoms. The third-order valence-corrected chi connectivity index (χ3v) is 9.41. The molecule has 3 heterocycles. The second-order valence-electron chi connectivity index (χ2n) is 8.22. The molecule has 2 aliphatic heterocycles. The van der Waals surface area contributed by atoms with Gasteiger partial charge in [0.2, 0.25) is 0 Å². The average molecular weight is 564 g/mol. The molecule has 0 radical (unpaired) electrons. The van der Waals surface area contributed by atoms with Crippen molar-refractivity contribution in [2.45, 2.75) is 25.3 Å². The van der Waals surface area contributed by atoms with Crippen LogP contribution in [0.2, 0.25) is 0 Å². The second kappa shape index (κ2) is 10.2. The molecular weight excluding hydrogens is 543 g/mol. The zero-order valence-corrected chi connectivity index (χ0v) is 22.6. The molecule has 188 valence electrons. The molecule has 36 heavy (non-hydrogen) atoms. The Labute approximate surface area is 223 Å². The van der Waals surface area contributed by atoms with Crippen LogP contribution < -0.4 is 19.7 Å². The zero-order chi connectivity index (χ0) is 26.3. The minimum Gasteiger partial charge on any atom is -0.480 e. The molecule has 1 amide bonds. The van der Waals surface area contributed by atoms with Crippen molar-refractivity contribution in [3.05, 3.63) is 54.9 Å². The average Bonchev–Trinajstić information content (AvgIpc) is 3.39.